The smallest absolute Gasteiger partial charge is 0.274 e. The standard InChI is InChI=1S/C20H26N4O/c1-13-7-9-24(10-8-13)20-21-16(4)12-18(23-20)19(25)22-17-6-5-14(2)11-15(17)3/h5-6,11-13H,7-10H2,1-4H3,(H,22,25). The summed E-state index contributed by atoms with van der Waals surface area (Å²) in [5.74, 6) is 1.22. The summed E-state index contributed by atoms with van der Waals surface area (Å²) < 4.78 is 0. The first-order valence-electron chi connectivity index (χ1n) is 8.91. The molecule has 0 aliphatic carbocycles. The molecule has 1 N–H and O–H groups in total. The summed E-state index contributed by atoms with van der Waals surface area (Å²) in [6.07, 6.45) is 2.28. The van der Waals surface area contributed by atoms with E-state index < -0.39 is 0 Å². The average Bonchev–Trinajstić information content (AvgIpc) is 2.57. The van der Waals surface area contributed by atoms with Crippen LogP contribution in [0.25, 0.3) is 0 Å². The summed E-state index contributed by atoms with van der Waals surface area (Å²) in [4.78, 5) is 23.9. The highest BCUT2D eigenvalue weighted by Crippen LogP contribution is 2.21. The van der Waals surface area contributed by atoms with Gasteiger partial charge in [-0.05, 0) is 57.2 Å². The maximum absolute atomic E-state index is 12.7. The fourth-order valence-electron chi connectivity index (χ4n) is 3.16. The summed E-state index contributed by atoms with van der Waals surface area (Å²) >= 11 is 0. The van der Waals surface area contributed by atoms with Crippen molar-refractivity contribution in [1.82, 2.24) is 9.97 Å². The zero-order valence-corrected chi connectivity index (χ0v) is 15.5. The number of aromatic nitrogens is 2. The first-order valence-corrected chi connectivity index (χ1v) is 8.91. The Morgan fingerprint density at radius 2 is 1.84 bits per heavy atom. The zero-order chi connectivity index (χ0) is 18.0. The van der Waals surface area contributed by atoms with Crippen LogP contribution in [-0.4, -0.2) is 29.0 Å². The summed E-state index contributed by atoms with van der Waals surface area (Å²) in [5, 5.41) is 2.97. The molecule has 0 radical (unpaired) electrons. The number of nitrogens with one attached hydrogen (secondary N) is 1. The zero-order valence-electron chi connectivity index (χ0n) is 15.5. The van der Waals surface area contributed by atoms with Crippen LogP contribution in [0.1, 0.15) is 47.1 Å². The lowest BCUT2D eigenvalue weighted by Crippen LogP contribution is -2.34. The van der Waals surface area contributed by atoms with Crippen LogP contribution >= 0.6 is 0 Å². The van der Waals surface area contributed by atoms with Crippen molar-refractivity contribution in [2.75, 3.05) is 23.3 Å². The summed E-state index contributed by atoms with van der Waals surface area (Å²) in [6, 6.07) is 7.73. The lowest BCUT2D eigenvalue weighted by Gasteiger charge is -2.30. The maximum Gasteiger partial charge on any atom is 0.274 e. The molecule has 0 spiro atoms. The van der Waals surface area contributed by atoms with Gasteiger partial charge in [0.05, 0.1) is 0 Å². The summed E-state index contributed by atoms with van der Waals surface area (Å²) in [7, 11) is 0. The van der Waals surface area contributed by atoms with Crippen molar-refractivity contribution in [1.29, 1.82) is 0 Å². The number of aryl methyl sites for hydroxylation is 3. The van der Waals surface area contributed by atoms with Gasteiger partial charge < -0.3 is 10.2 Å². The monoisotopic (exact) mass is 338 g/mol. The van der Waals surface area contributed by atoms with Crippen LogP contribution < -0.4 is 10.2 Å². The van der Waals surface area contributed by atoms with Crippen molar-refractivity contribution in [2.24, 2.45) is 5.92 Å². The number of piperidine rings is 1. The number of carbonyl (C=O) groups is 1. The van der Waals surface area contributed by atoms with Crippen molar-refractivity contribution in [3.63, 3.8) is 0 Å². The number of hydrogen-bond donors (Lipinski definition) is 1. The molecule has 5 nitrogen and oxygen atoms in total. The topological polar surface area (TPSA) is 58.1 Å². The first-order chi connectivity index (χ1) is 11.9. The molecule has 1 aliphatic heterocycles. The molecule has 1 aromatic carbocycles. The molecule has 0 unspecified atom stereocenters. The van der Waals surface area contributed by atoms with Gasteiger partial charge in [0.25, 0.3) is 5.91 Å². The molecule has 2 heterocycles. The van der Waals surface area contributed by atoms with E-state index in [1.54, 1.807) is 6.07 Å². The van der Waals surface area contributed by atoms with Crippen LogP contribution in [0.4, 0.5) is 11.6 Å². The molecule has 1 amide bonds. The van der Waals surface area contributed by atoms with Crippen LogP contribution in [0, 0.1) is 26.7 Å². The molecule has 3 rings (SSSR count). The highest BCUT2D eigenvalue weighted by molar-refractivity contribution is 6.03. The lowest BCUT2D eigenvalue weighted by molar-refractivity contribution is 0.102. The van der Waals surface area contributed by atoms with E-state index in [-0.39, 0.29) is 5.91 Å². The van der Waals surface area contributed by atoms with E-state index in [1.165, 1.54) is 5.56 Å². The van der Waals surface area contributed by atoms with Gasteiger partial charge in [0.15, 0.2) is 0 Å². The number of benzene rings is 1. The normalized spacial score (nSPS) is 15.3. The second kappa shape index (κ2) is 7.21. The second-order valence-corrected chi connectivity index (χ2v) is 7.14. The fraction of sp³-hybridized carbons (Fsp3) is 0.450. The largest absolute Gasteiger partial charge is 0.341 e. The molecule has 0 bridgehead atoms. The number of anilines is 2. The molecule has 0 atom stereocenters. The molecule has 2 aromatic rings. The Hall–Kier alpha value is -2.43. The van der Waals surface area contributed by atoms with E-state index in [2.05, 4.69) is 33.2 Å². The maximum atomic E-state index is 12.7. The van der Waals surface area contributed by atoms with Gasteiger partial charge in [-0.2, -0.15) is 0 Å². The number of hydrogen-bond acceptors (Lipinski definition) is 4. The van der Waals surface area contributed by atoms with Gasteiger partial charge in [0, 0.05) is 24.5 Å². The molecule has 1 aliphatic rings. The van der Waals surface area contributed by atoms with Crippen LogP contribution in [0.2, 0.25) is 0 Å². The third-order valence-electron chi connectivity index (χ3n) is 4.77. The molecule has 25 heavy (non-hydrogen) atoms. The number of nitrogens with zero attached hydrogens (tertiary/aromatic N) is 3. The quantitative estimate of drug-likeness (QED) is 0.922. The first kappa shape index (κ1) is 17.4. The number of amides is 1. The minimum absolute atomic E-state index is 0.191. The fourth-order valence-corrected chi connectivity index (χ4v) is 3.16. The summed E-state index contributed by atoms with van der Waals surface area (Å²) in [5.41, 5.74) is 4.27. The molecular weight excluding hydrogens is 312 g/mol. The van der Waals surface area contributed by atoms with E-state index in [0.29, 0.717) is 11.6 Å². The average molecular weight is 338 g/mol. The molecule has 1 saturated heterocycles. The molecule has 132 valence electrons. The Labute approximate surface area is 149 Å². The molecule has 1 aromatic heterocycles. The Kier molecular flexibility index (Phi) is 5.02. The summed E-state index contributed by atoms with van der Waals surface area (Å²) in [6.45, 7) is 10.1. The molecule has 5 heteroatoms. The highest BCUT2D eigenvalue weighted by atomic mass is 16.1. The van der Waals surface area contributed by atoms with Gasteiger partial charge in [-0.1, -0.05) is 24.6 Å². The Bertz CT molecular complexity index is 779. The van der Waals surface area contributed by atoms with E-state index >= 15 is 0 Å². The van der Waals surface area contributed by atoms with Gasteiger partial charge in [0.1, 0.15) is 5.69 Å². The van der Waals surface area contributed by atoms with Gasteiger partial charge in [-0.3, -0.25) is 4.79 Å². The SMILES string of the molecule is Cc1ccc(NC(=O)c2cc(C)nc(N3CCC(C)CC3)n2)c(C)c1. The van der Waals surface area contributed by atoms with E-state index in [0.717, 1.165) is 48.8 Å². The molecular formula is C20H26N4O. The third-order valence-corrected chi connectivity index (χ3v) is 4.77. The number of carbonyl (C=O) groups excluding carboxylic acids is 1. The second-order valence-electron chi connectivity index (χ2n) is 7.14. The predicted octanol–water partition coefficient (Wildman–Crippen LogP) is 3.89. The van der Waals surface area contributed by atoms with Crippen LogP contribution in [0.5, 0.6) is 0 Å². The van der Waals surface area contributed by atoms with Gasteiger partial charge in [-0.25, -0.2) is 9.97 Å². The van der Waals surface area contributed by atoms with Crippen LogP contribution in [0.15, 0.2) is 24.3 Å². The third kappa shape index (κ3) is 4.16. The Morgan fingerprint density at radius 3 is 2.52 bits per heavy atom. The van der Waals surface area contributed by atoms with Crippen LogP contribution in [-0.2, 0) is 0 Å². The predicted molar refractivity (Wildman–Crippen MR) is 101 cm³/mol. The van der Waals surface area contributed by atoms with E-state index in [4.69, 9.17) is 0 Å². The molecule has 0 saturated carbocycles. The van der Waals surface area contributed by atoms with Crippen molar-refractivity contribution in [2.45, 2.75) is 40.5 Å². The molecule has 1 fully saturated rings. The Balaban J connectivity index is 1.80. The van der Waals surface area contributed by atoms with Gasteiger partial charge >= 0.3 is 0 Å². The van der Waals surface area contributed by atoms with E-state index in [1.807, 2.05) is 32.9 Å². The van der Waals surface area contributed by atoms with Crippen molar-refractivity contribution < 1.29 is 4.79 Å². The highest BCUT2D eigenvalue weighted by Gasteiger charge is 2.20. The lowest BCUT2D eigenvalue weighted by atomic mass is 10.00. The van der Waals surface area contributed by atoms with E-state index in [9.17, 15) is 4.79 Å². The van der Waals surface area contributed by atoms with Gasteiger partial charge in [-0.15, -0.1) is 0 Å². The minimum atomic E-state index is -0.191. The number of rotatable bonds is 3. The van der Waals surface area contributed by atoms with Gasteiger partial charge in [0.2, 0.25) is 5.95 Å². The Morgan fingerprint density at radius 1 is 1.12 bits per heavy atom. The van der Waals surface area contributed by atoms with Crippen LogP contribution in [0.3, 0.4) is 0 Å². The van der Waals surface area contributed by atoms with Crippen molar-refractivity contribution >= 4 is 17.5 Å². The minimum Gasteiger partial charge on any atom is -0.341 e. The van der Waals surface area contributed by atoms with Crippen molar-refractivity contribution in [3.05, 3.63) is 46.8 Å². The van der Waals surface area contributed by atoms with Crippen molar-refractivity contribution in [3.8, 4) is 0 Å².